The van der Waals surface area contributed by atoms with Gasteiger partial charge in [0.1, 0.15) is 11.5 Å². The van der Waals surface area contributed by atoms with E-state index < -0.39 is 17.0 Å². The van der Waals surface area contributed by atoms with Crippen LogP contribution in [0.2, 0.25) is 0 Å². The van der Waals surface area contributed by atoms with Crippen molar-refractivity contribution in [2.45, 2.75) is 19.3 Å². The molecule has 0 saturated carbocycles. The zero-order chi connectivity index (χ0) is 25.4. The maximum Gasteiger partial charge on any atom is 2.00 e. The maximum atomic E-state index is 14.6. The average molecular weight is 679 g/mol. The number of aromatic nitrogens is 3. The molecule has 5 nitrogen and oxygen atoms in total. The van der Waals surface area contributed by atoms with Crippen molar-refractivity contribution >= 4 is 10.9 Å². The third-order valence-electron chi connectivity index (χ3n) is 6.20. The first-order valence-corrected chi connectivity index (χ1v) is 11.3. The zero-order valence-corrected chi connectivity index (χ0v) is 22.9. The van der Waals surface area contributed by atoms with Crippen LogP contribution in [0.4, 0.5) is 8.78 Å². The molecular formula is C29H23F2N3O2Pt. The molecule has 0 atom stereocenters. The van der Waals surface area contributed by atoms with E-state index in [9.17, 15) is 8.78 Å². The molecule has 0 radical (unpaired) electrons. The summed E-state index contributed by atoms with van der Waals surface area (Å²) in [5.41, 5.74) is 3.13. The van der Waals surface area contributed by atoms with Crippen molar-refractivity contribution in [2.75, 3.05) is 14.2 Å². The van der Waals surface area contributed by atoms with E-state index in [2.05, 4.69) is 6.07 Å². The number of ether oxygens (including phenoxy) is 2. The molecule has 8 heteroatoms. The van der Waals surface area contributed by atoms with E-state index in [1.54, 1.807) is 19.2 Å². The summed E-state index contributed by atoms with van der Waals surface area (Å²) in [6, 6.07) is 21.4. The molecule has 5 aromatic rings. The van der Waals surface area contributed by atoms with Gasteiger partial charge in [0.2, 0.25) is 0 Å². The van der Waals surface area contributed by atoms with Crippen LogP contribution < -0.4 is 14.5 Å². The van der Waals surface area contributed by atoms with Gasteiger partial charge in [-0.3, -0.25) is 18.7 Å². The van der Waals surface area contributed by atoms with Gasteiger partial charge in [-0.15, -0.1) is 23.3 Å². The fourth-order valence-electron chi connectivity index (χ4n) is 4.07. The molecule has 0 amide bonds. The fourth-order valence-corrected chi connectivity index (χ4v) is 4.07. The van der Waals surface area contributed by atoms with Crippen molar-refractivity contribution in [3.63, 3.8) is 0 Å². The Balaban J connectivity index is 0.00000320. The Morgan fingerprint density at radius 1 is 0.838 bits per heavy atom. The van der Waals surface area contributed by atoms with Gasteiger partial charge in [-0.25, -0.2) is 0 Å². The molecule has 0 unspecified atom stereocenters. The van der Waals surface area contributed by atoms with Crippen molar-refractivity contribution in [2.24, 2.45) is 0 Å². The van der Waals surface area contributed by atoms with E-state index in [1.165, 1.54) is 7.11 Å². The Hall–Kier alpha value is -3.57. The Kier molecular flexibility index (Phi) is 7.46. The van der Waals surface area contributed by atoms with E-state index in [1.807, 2.05) is 56.3 Å². The SMILES string of the molecule is COc1cc(-c2cc3ccccc3[n-]2)nc(C(C)(C)c2cc(OC)cc(-c3[c-]cc(F)cc3F)n2)c1.[Pt+2]. The van der Waals surface area contributed by atoms with Gasteiger partial charge in [0.25, 0.3) is 0 Å². The zero-order valence-electron chi connectivity index (χ0n) is 20.6. The largest absolute Gasteiger partial charge is 2.00 e. The Morgan fingerprint density at radius 3 is 2.08 bits per heavy atom. The third kappa shape index (κ3) is 5.14. The quantitative estimate of drug-likeness (QED) is 0.196. The van der Waals surface area contributed by atoms with E-state index in [4.69, 9.17) is 24.4 Å². The molecule has 0 N–H and O–H groups in total. The summed E-state index contributed by atoms with van der Waals surface area (Å²) < 4.78 is 39.1. The monoisotopic (exact) mass is 678 g/mol. The van der Waals surface area contributed by atoms with Crippen molar-refractivity contribution < 1.29 is 39.3 Å². The molecule has 0 bridgehead atoms. The molecule has 0 saturated heterocycles. The number of rotatable bonds is 6. The van der Waals surface area contributed by atoms with Gasteiger partial charge in [-0.1, -0.05) is 42.0 Å². The number of nitrogens with zero attached hydrogens (tertiary/aromatic N) is 3. The molecule has 3 aromatic heterocycles. The van der Waals surface area contributed by atoms with Gasteiger partial charge in [-0.05, 0) is 31.0 Å². The van der Waals surface area contributed by atoms with Gasteiger partial charge in [0.15, 0.2) is 0 Å². The van der Waals surface area contributed by atoms with Crippen LogP contribution in [-0.4, -0.2) is 24.2 Å². The molecule has 0 spiro atoms. The van der Waals surface area contributed by atoms with E-state index in [0.29, 0.717) is 28.6 Å². The summed E-state index contributed by atoms with van der Waals surface area (Å²) in [6.07, 6.45) is 0. The second-order valence-corrected chi connectivity index (χ2v) is 8.92. The summed E-state index contributed by atoms with van der Waals surface area (Å²) in [7, 11) is 3.12. The van der Waals surface area contributed by atoms with Crippen LogP contribution in [0.3, 0.4) is 0 Å². The number of hydrogen-bond acceptors (Lipinski definition) is 4. The van der Waals surface area contributed by atoms with Gasteiger partial charge in [-0.2, -0.15) is 0 Å². The molecule has 5 rings (SSSR count). The van der Waals surface area contributed by atoms with Gasteiger partial charge < -0.3 is 14.5 Å². The number of pyridine rings is 2. The number of benzene rings is 2. The Morgan fingerprint density at radius 2 is 1.46 bits per heavy atom. The first-order valence-electron chi connectivity index (χ1n) is 11.3. The minimum absolute atomic E-state index is 0. The van der Waals surface area contributed by atoms with Crippen LogP contribution in [0.15, 0.2) is 66.7 Å². The third-order valence-corrected chi connectivity index (χ3v) is 6.20. The minimum atomic E-state index is -0.754. The van der Waals surface area contributed by atoms with Crippen LogP contribution >= 0.6 is 0 Å². The molecule has 0 aliphatic heterocycles. The summed E-state index contributed by atoms with van der Waals surface area (Å²) >= 11 is 0. The van der Waals surface area contributed by atoms with Crippen molar-refractivity contribution in [1.29, 1.82) is 0 Å². The summed E-state index contributed by atoms with van der Waals surface area (Å²) in [5, 5.41) is 1.02. The predicted octanol–water partition coefficient (Wildman–Crippen LogP) is 6.34. The van der Waals surface area contributed by atoms with Gasteiger partial charge in [0, 0.05) is 40.9 Å². The Bertz CT molecular complexity index is 1550. The number of fused-ring (bicyclic) bond motifs is 1. The van der Waals surface area contributed by atoms with Gasteiger partial charge >= 0.3 is 21.1 Å². The second-order valence-electron chi connectivity index (χ2n) is 8.92. The standard InChI is InChI=1S/C29H23F2N3O2.Pt/c1-29(2,27-15-19(35-3)13-24(33-27)21-10-9-18(30)12-22(21)31)28-16-20(36-4)14-26(34-28)25-11-17-7-5-6-8-23(17)32-25;/h5-9,11-16H,1-4H3;/q-2;+2. The number of hydrogen-bond donors (Lipinski definition) is 0. The number of halogens is 2. The molecule has 0 aliphatic carbocycles. The normalized spacial score (nSPS) is 11.3. The first-order chi connectivity index (χ1) is 17.3. The van der Waals surface area contributed by atoms with E-state index >= 15 is 0 Å². The molecule has 3 heterocycles. The van der Waals surface area contributed by atoms with Crippen LogP contribution in [0.25, 0.3) is 33.5 Å². The number of methoxy groups -OCH3 is 2. The molecule has 0 fully saturated rings. The maximum absolute atomic E-state index is 14.6. The average Bonchev–Trinajstić information content (AvgIpc) is 3.32. The molecule has 2 aromatic carbocycles. The van der Waals surface area contributed by atoms with Crippen molar-refractivity contribution in [1.82, 2.24) is 15.0 Å². The van der Waals surface area contributed by atoms with Gasteiger partial charge in [0.05, 0.1) is 25.6 Å². The smallest absolute Gasteiger partial charge is 0.656 e. The Labute approximate surface area is 228 Å². The summed E-state index contributed by atoms with van der Waals surface area (Å²) in [5.74, 6) is -0.360. The van der Waals surface area contributed by atoms with Crippen LogP contribution in [-0.2, 0) is 26.5 Å². The first kappa shape index (κ1) is 26.5. The fraction of sp³-hybridized carbons (Fsp3) is 0.172. The van der Waals surface area contributed by atoms with E-state index in [-0.39, 0.29) is 32.3 Å². The molecule has 37 heavy (non-hydrogen) atoms. The second kappa shape index (κ2) is 10.4. The molecular weight excluding hydrogens is 655 g/mol. The summed E-state index contributed by atoms with van der Waals surface area (Å²) in [4.78, 5) is 14.4. The van der Waals surface area contributed by atoms with E-state index in [0.717, 1.165) is 28.7 Å². The molecule has 190 valence electrons. The van der Waals surface area contributed by atoms with Crippen molar-refractivity contribution in [3.05, 3.63) is 95.8 Å². The predicted molar refractivity (Wildman–Crippen MR) is 134 cm³/mol. The summed E-state index contributed by atoms with van der Waals surface area (Å²) in [6.45, 7) is 3.92. The topological polar surface area (TPSA) is 58.3 Å². The number of para-hydroxylation sites is 1. The van der Waals surface area contributed by atoms with Crippen LogP contribution in [0, 0.1) is 17.7 Å². The minimum Gasteiger partial charge on any atom is -0.656 e. The van der Waals surface area contributed by atoms with Crippen molar-refractivity contribution in [3.8, 4) is 34.1 Å². The molecule has 0 aliphatic rings. The van der Waals surface area contributed by atoms with Crippen LogP contribution in [0.5, 0.6) is 11.5 Å². The van der Waals surface area contributed by atoms with Crippen LogP contribution in [0.1, 0.15) is 25.2 Å².